The number of rotatable bonds is 7. The first-order valence-electron chi connectivity index (χ1n) is 7.45. The molecule has 0 amide bonds. The lowest BCUT2D eigenvalue weighted by atomic mass is 9.99. The van der Waals surface area contributed by atoms with Crippen molar-refractivity contribution in [2.45, 2.75) is 25.3 Å². The van der Waals surface area contributed by atoms with E-state index in [9.17, 15) is 0 Å². The Labute approximate surface area is 112 Å². The maximum Gasteiger partial charge on any atom is 0.0510 e. The third-order valence-corrected chi connectivity index (χ3v) is 4.41. The summed E-state index contributed by atoms with van der Waals surface area (Å²) < 4.78 is 5.50. The highest BCUT2D eigenvalue weighted by molar-refractivity contribution is 4.81. The summed E-state index contributed by atoms with van der Waals surface area (Å²) in [5.74, 6) is 0.698. The fraction of sp³-hybridized carbons (Fsp3) is 1.00. The molecule has 4 heteroatoms. The third kappa shape index (κ3) is 4.19. The molecule has 2 atom stereocenters. The lowest BCUT2D eigenvalue weighted by molar-refractivity contribution is 0.165. The van der Waals surface area contributed by atoms with Gasteiger partial charge in [0.25, 0.3) is 0 Å². The van der Waals surface area contributed by atoms with Crippen molar-refractivity contribution >= 4 is 0 Å². The van der Waals surface area contributed by atoms with Gasteiger partial charge in [-0.05, 0) is 46.4 Å². The molecule has 4 nitrogen and oxygen atoms in total. The van der Waals surface area contributed by atoms with Crippen LogP contribution in [0.1, 0.15) is 19.3 Å². The van der Waals surface area contributed by atoms with E-state index in [0.29, 0.717) is 12.0 Å². The Morgan fingerprint density at radius 1 is 1.39 bits per heavy atom. The van der Waals surface area contributed by atoms with Gasteiger partial charge in [0.15, 0.2) is 0 Å². The van der Waals surface area contributed by atoms with Crippen LogP contribution in [0.25, 0.3) is 0 Å². The lowest BCUT2D eigenvalue weighted by Crippen LogP contribution is -2.44. The molecular weight excluding hydrogens is 226 g/mol. The number of hydrogen-bond donors (Lipinski definition) is 1. The van der Waals surface area contributed by atoms with Crippen LogP contribution in [0.4, 0.5) is 0 Å². The van der Waals surface area contributed by atoms with Gasteiger partial charge >= 0.3 is 0 Å². The van der Waals surface area contributed by atoms with E-state index in [-0.39, 0.29) is 0 Å². The Balaban J connectivity index is 1.65. The first kappa shape index (κ1) is 14.3. The first-order chi connectivity index (χ1) is 8.79. The van der Waals surface area contributed by atoms with Crippen molar-refractivity contribution in [2.75, 3.05) is 60.0 Å². The van der Waals surface area contributed by atoms with Crippen LogP contribution in [0.15, 0.2) is 0 Å². The van der Waals surface area contributed by atoms with Crippen LogP contribution in [-0.2, 0) is 4.74 Å². The molecule has 2 aliphatic heterocycles. The molecule has 0 bridgehead atoms. The summed E-state index contributed by atoms with van der Waals surface area (Å²) in [6.45, 7) is 8.05. The Hall–Kier alpha value is -0.160. The van der Waals surface area contributed by atoms with E-state index in [1.807, 2.05) is 0 Å². The number of ether oxygens (including phenoxy) is 1. The molecule has 18 heavy (non-hydrogen) atoms. The van der Waals surface area contributed by atoms with Gasteiger partial charge in [-0.3, -0.25) is 0 Å². The monoisotopic (exact) mass is 255 g/mol. The molecule has 0 aromatic carbocycles. The van der Waals surface area contributed by atoms with Crippen LogP contribution in [0.3, 0.4) is 0 Å². The molecule has 0 radical (unpaired) electrons. The molecular formula is C14H29N3O. The summed E-state index contributed by atoms with van der Waals surface area (Å²) in [6, 6.07) is 0.580. The van der Waals surface area contributed by atoms with Crippen molar-refractivity contribution in [3.8, 4) is 0 Å². The summed E-state index contributed by atoms with van der Waals surface area (Å²) >= 11 is 0. The highest BCUT2D eigenvalue weighted by Crippen LogP contribution is 2.17. The number of hydrogen-bond acceptors (Lipinski definition) is 4. The summed E-state index contributed by atoms with van der Waals surface area (Å²) in [4.78, 5) is 5.06. The van der Waals surface area contributed by atoms with Gasteiger partial charge in [0, 0.05) is 38.2 Å². The molecule has 106 valence electrons. The smallest absolute Gasteiger partial charge is 0.0510 e. The summed E-state index contributed by atoms with van der Waals surface area (Å²) in [5, 5.41) is 3.47. The highest BCUT2D eigenvalue weighted by Gasteiger charge is 2.25. The minimum atomic E-state index is 0.580. The van der Waals surface area contributed by atoms with Crippen LogP contribution in [0.5, 0.6) is 0 Å². The molecule has 0 aromatic rings. The molecule has 0 saturated carbocycles. The molecule has 2 unspecified atom stereocenters. The Kier molecular flexibility index (Phi) is 5.89. The van der Waals surface area contributed by atoms with Gasteiger partial charge in [-0.1, -0.05) is 0 Å². The third-order valence-electron chi connectivity index (χ3n) is 4.41. The lowest BCUT2D eigenvalue weighted by Gasteiger charge is -2.28. The van der Waals surface area contributed by atoms with Crippen molar-refractivity contribution in [3.63, 3.8) is 0 Å². The average Bonchev–Trinajstić information content (AvgIpc) is 3.05. The number of nitrogens with one attached hydrogen (secondary N) is 1. The van der Waals surface area contributed by atoms with Gasteiger partial charge in [-0.2, -0.15) is 0 Å². The van der Waals surface area contributed by atoms with Crippen molar-refractivity contribution in [1.29, 1.82) is 0 Å². The highest BCUT2D eigenvalue weighted by atomic mass is 16.5. The van der Waals surface area contributed by atoms with Crippen LogP contribution in [-0.4, -0.2) is 75.9 Å². The van der Waals surface area contributed by atoms with E-state index in [0.717, 1.165) is 19.8 Å². The minimum Gasteiger partial charge on any atom is -0.381 e. The van der Waals surface area contributed by atoms with Crippen molar-refractivity contribution < 1.29 is 4.74 Å². The number of nitrogens with zero attached hydrogens (tertiary/aromatic N) is 2. The second-order valence-corrected chi connectivity index (χ2v) is 5.83. The van der Waals surface area contributed by atoms with Gasteiger partial charge in [-0.25, -0.2) is 0 Å². The standard InChI is InChI=1S/C14H29N3O/c1-15-14(13-5-10-18-12-13)11-16(2)8-9-17-6-3-4-7-17/h13-15H,3-12H2,1-2H3. The van der Waals surface area contributed by atoms with E-state index in [2.05, 4.69) is 29.2 Å². The van der Waals surface area contributed by atoms with Gasteiger partial charge in [0.05, 0.1) is 6.61 Å². The van der Waals surface area contributed by atoms with Crippen LogP contribution < -0.4 is 5.32 Å². The molecule has 0 spiro atoms. The van der Waals surface area contributed by atoms with Gasteiger partial charge in [0.1, 0.15) is 0 Å². The molecule has 2 heterocycles. The van der Waals surface area contributed by atoms with E-state index < -0.39 is 0 Å². The zero-order chi connectivity index (χ0) is 12.8. The maximum atomic E-state index is 5.50. The molecule has 1 N–H and O–H groups in total. The van der Waals surface area contributed by atoms with Crippen molar-refractivity contribution in [1.82, 2.24) is 15.1 Å². The number of likely N-dealkylation sites (tertiary alicyclic amines) is 1. The average molecular weight is 255 g/mol. The Morgan fingerprint density at radius 3 is 2.78 bits per heavy atom. The van der Waals surface area contributed by atoms with E-state index >= 15 is 0 Å². The van der Waals surface area contributed by atoms with Gasteiger partial charge in [-0.15, -0.1) is 0 Å². The minimum absolute atomic E-state index is 0.580. The number of likely N-dealkylation sites (N-methyl/N-ethyl adjacent to an activating group) is 2. The van der Waals surface area contributed by atoms with Crippen molar-refractivity contribution in [3.05, 3.63) is 0 Å². The largest absolute Gasteiger partial charge is 0.381 e. The fourth-order valence-electron chi connectivity index (χ4n) is 3.09. The molecule has 0 aliphatic carbocycles. The van der Waals surface area contributed by atoms with Gasteiger partial charge in [0.2, 0.25) is 0 Å². The quantitative estimate of drug-likeness (QED) is 0.722. The summed E-state index contributed by atoms with van der Waals surface area (Å²) in [5.41, 5.74) is 0. The predicted octanol–water partition coefficient (Wildman–Crippen LogP) is 0.639. The van der Waals surface area contributed by atoms with E-state index in [4.69, 9.17) is 4.74 Å². The zero-order valence-electron chi connectivity index (χ0n) is 12.0. The molecule has 2 fully saturated rings. The normalized spacial score (nSPS) is 27.2. The van der Waals surface area contributed by atoms with Crippen LogP contribution in [0, 0.1) is 5.92 Å². The molecule has 2 saturated heterocycles. The Bertz CT molecular complexity index is 225. The van der Waals surface area contributed by atoms with Crippen LogP contribution >= 0.6 is 0 Å². The predicted molar refractivity (Wildman–Crippen MR) is 74.9 cm³/mol. The summed E-state index contributed by atoms with van der Waals surface area (Å²) in [7, 11) is 4.33. The summed E-state index contributed by atoms with van der Waals surface area (Å²) in [6.07, 6.45) is 4.00. The zero-order valence-corrected chi connectivity index (χ0v) is 12.0. The van der Waals surface area contributed by atoms with E-state index in [1.54, 1.807) is 0 Å². The Morgan fingerprint density at radius 2 is 2.17 bits per heavy atom. The van der Waals surface area contributed by atoms with Gasteiger partial charge < -0.3 is 19.9 Å². The van der Waals surface area contributed by atoms with Crippen LogP contribution in [0.2, 0.25) is 0 Å². The molecule has 2 aliphatic rings. The maximum absolute atomic E-state index is 5.50. The second-order valence-electron chi connectivity index (χ2n) is 5.83. The van der Waals surface area contributed by atoms with Crippen molar-refractivity contribution in [2.24, 2.45) is 5.92 Å². The first-order valence-corrected chi connectivity index (χ1v) is 7.45. The SMILES string of the molecule is CNC(CN(C)CCN1CCCC1)C1CCOC1. The molecule has 0 aromatic heterocycles. The fourth-order valence-corrected chi connectivity index (χ4v) is 3.09. The topological polar surface area (TPSA) is 27.7 Å². The molecule has 2 rings (SSSR count). The second kappa shape index (κ2) is 7.43. The van der Waals surface area contributed by atoms with E-state index in [1.165, 1.54) is 45.4 Å².